The summed E-state index contributed by atoms with van der Waals surface area (Å²) >= 11 is 3.44. The number of rotatable bonds is 4. The lowest BCUT2D eigenvalue weighted by atomic mass is 9.88. The number of nitrogens with two attached hydrogens (primary N) is 1. The molecule has 2 aromatic rings. The number of aliphatic hydroxyl groups excluding tert-OH is 1. The van der Waals surface area contributed by atoms with Gasteiger partial charge < -0.3 is 10.8 Å². The molecule has 0 aromatic heterocycles. The molecule has 0 saturated heterocycles. The standard InChI is InChI=1S/C18H20BrNO/c19-16-8-6-13(7-9-16)17(11-20)18(21)15-5-4-12-2-1-3-14(12)10-15/h4-10,17-18,21H,1-3,11,20H2. The van der Waals surface area contributed by atoms with E-state index in [0.29, 0.717) is 6.54 Å². The van der Waals surface area contributed by atoms with E-state index in [1.165, 1.54) is 24.0 Å². The summed E-state index contributed by atoms with van der Waals surface area (Å²) in [5, 5.41) is 10.7. The van der Waals surface area contributed by atoms with Crippen LogP contribution in [0.4, 0.5) is 0 Å². The molecule has 0 heterocycles. The minimum atomic E-state index is -0.554. The second-order valence-corrected chi connectivity index (χ2v) is 6.64. The van der Waals surface area contributed by atoms with Crippen molar-refractivity contribution < 1.29 is 5.11 Å². The highest BCUT2D eigenvalue weighted by atomic mass is 79.9. The van der Waals surface area contributed by atoms with Crippen LogP contribution in [0.15, 0.2) is 46.9 Å². The Kier molecular flexibility index (Phi) is 4.43. The van der Waals surface area contributed by atoms with Gasteiger partial charge in [0, 0.05) is 16.9 Å². The molecular weight excluding hydrogens is 326 g/mol. The first-order valence-corrected chi connectivity index (χ1v) is 8.23. The topological polar surface area (TPSA) is 46.2 Å². The van der Waals surface area contributed by atoms with Gasteiger partial charge in [0.25, 0.3) is 0 Å². The van der Waals surface area contributed by atoms with Crippen molar-refractivity contribution in [2.45, 2.75) is 31.3 Å². The molecular formula is C18H20BrNO. The maximum Gasteiger partial charge on any atom is 0.0870 e. The number of aryl methyl sites for hydroxylation is 2. The van der Waals surface area contributed by atoms with E-state index in [4.69, 9.17) is 5.73 Å². The van der Waals surface area contributed by atoms with E-state index in [2.05, 4.69) is 34.1 Å². The number of fused-ring (bicyclic) bond motifs is 1. The Morgan fingerprint density at radius 1 is 1.00 bits per heavy atom. The van der Waals surface area contributed by atoms with Crippen LogP contribution in [0, 0.1) is 0 Å². The lowest BCUT2D eigenvalue weighted by Crippen LogP contribution is -2.20. The molecule has 0 bridgehead atoms. The Balaban J connectivity index is 1.88. The van der Waals surface area contributed by atoms with Gasteiger partial charge in [-0.25, -0.2) is 0 Å². The number of hydrogen-bond donors (Lipinski definition) is 2. The summed E-state index contributed by atoms with van der Waals surface area (Å²) in [6.45, 7) is 0.430. The molecule has 3 N–H and O–H groups in total. The van der Waals surface area contributed by atoms with Crippen molar-refractivity contribution in [1.82, 2.24) is 0 Å². The van der Waals surface area contributed by atoms with Gasteiger partial charge in [-0.15, -0.1) is 0 Å². The zero-order valence-corrected chi connectivity index (χ0v) is 13.5. The largest absolute Gasteiger partial charge is 0.388 e. The van der Waals surface area contributed by atoms with Crippen molar-refractivity contribution in [3.05, 3.63) is 69.2 Å². The van der Waals surface area contributed by atoms with Gasteiger partial charge >= 0.3 is 0 Å². The first kappa shape index (κ1) is 14.8. The van der Waals surface area contributed by atoms with Crippen LogP contribution in [0.2, 0.25) is 0 Å². The van der Waals surface area contributed by atoms with Gasteiger partial charge in [-0.3, -0.25) is 0 Å². The van der Waals surface area contributed by atoms with E-state index in [0.717, 1.165) is 22.0 Å². The van der Waals surface area contributed by atoms with E-state index in [1.807, 2.05) is 24.3 Å². The third-order valence-corrected chi connectivity index (χ3v) is 4.93. The molecule has 0 spiro atoms. The summed E-state index contributed by atoms with van der Waals surface area (Å²) in [5.74, 6) is -0.0717. The predicted molar refractivity (Wildman–Crippen MR) is 89.4 cm³/mol. The van der Waals surface area contributed by atoms with Gasteiger partial charge in [0.05, 0.1) is 6.10 Å². The predicted octanol–water partition coefficient (Wildman–Crippen LogP) is 3.71. The molecule has 0 saturated carbocycles. The average molecular weight is 346 g/mol. The highest BCUT2D eigenvalue weighted by molar-refractivity contribution is 9.10. The highest BCUT2D eigenvalue weighted by Gasteiger charge is 2.23. The SMILES string of the molecule is NCC(c1ccc(Br)cc1)C(O)c1ccc2c(c1)CCC2. The first-order chi connectivity index (χ1) is 10.2. The van der Waals surface area contributed by atoms with E-state index >= 15 is 0 Å². The van der Waals surface area contributed by atoms with Crippen LogP contribution >= 0.6 is 15.9 Å². The fraction of sp³-hybridized carbons (Fsp3) is 0.333. The summed E-state index contributed by atoms with van der Waals surface area (Å²) in [5.41, 5.74) is 10.8. The van der Waals surface area contributed by atoms with Crippen molar-refractivity contribution in [1.29, 1.82) is 0 Å². The molecule has 21 heavy (non-hydrogen) atoms. The molecule has 2 aromatic carbocycles. The monoisotopic (exact) mass is 345 g/mol. The van der Waals surface area contributed by atoms with Crippen molar-refractivity contribution >= 4 is 15.9 Å². The van der Waals surface area contributed by atoms with Crippen LogP contribution in [0.25, 0.3) is 0 Å². The zero-order chi connectivity index (χ0) is 14.8. The van der Waals surface area contributed by atoms with Crippen LogP contribution < -0.4 is 5.73 Å². The van der Waals surface area contributed by atoms with Crippen molar-refractivity contribution in [2.24, 2.45) is 5.73 Å². The van der Waals surface area contributed by atoms with Gasteiger partial charge in [0.2, 0.25) is 0 Å². The Labute approximate surface area is 134 Å². The number of aliphatic hydroxyl groups is 1. The second-order valence-electron chi connectivity index (χ2n) is 5.72. The van der Waals surface area contributed by atoms with E-state index in [-0.39, 0.29) is 5.92 Å². The first-order valence-electron chi connectivity index (χ1n) is 7.44. The molecule has 3 rings (SSSR count). The molecule has 1 aliphatic carbocycles. The molecule has 2 atom stereocenters. The highest BCUT2D eigenvalue weighted by Crippen LogP contribution is 2.33. The Bertz CT molecular complexity index is 624. The lowest BCUT2D eigenvalue weighted by molar-refractivity contribution is 0.147. The molecule has 0 aliphatic heterocycles. The smallest absolute Gasteiger partial charge is 0.0870 e. The van der Waals surface area contributed by atoms with E-state index in [1.54, 1.807) is 0 Å². The molecule has 2 unspecified atom stereocenters. The van der Waals surface area contributed by atoms with Gasteiger partial charge in [0.1, 0.15) is 0 Å². The Hall–Kier alpha value is -1.16. The van der Waals surface area contributed by atoms with Crippen LogP contribution in [0.5, 0.6) is 0 Å². The summed E-state index contributed by atoms with van der Waals surface area (Å²) in [4.78, 5) is 0. The third-order valence-electron chi connectivity index (χ3n) is 4.40. The molecule has 0 radical (unpaired) electrons. The maximum atomic E-state index is 10.7. The van der Waals surface area contributed by atoms with Crippen LogP contribution in [-0.4, -0.2) is 11.7 Å². The Morgan fingerprint density at radius 3 is 2.38 bits per heavy atom. The van der Waals surface area contributed by atoms with Crippen molar-refractivity contribution in [2.75, 3.05) is 6.54 Å². The third kappa shape index (κ3) is 3.05. The Morgan fingerprint density at radius 2 is 1.67 bits per heavy atom. The molecule has 0 fully saturated rings. The summed E-state index contributed by atoms with van der Waals surface area (Å²) in [6.07, 6.45) is 2.96. The van der Waals surface area contributed by atoms with Crippen LogP contribution in [0.3, 0.4) is 0 Å². The summed E-state index contributed by atoms with van der Waals surface area (Å²) in [6, 6.07) is 14.4. The zero-order valence-electron chi connectivity index (χ0n) is 11.9. The van der Waals surface area contributed by atoms with Crippen molar-refractivity contribution in [3.63, 3.8) is 0 Å². The molecule has 0 amide bonds. The second kappa shape index (κ2) is 6.30. The molecule has 3 heteroatoms. The number of hydrogen-bond acceptors (Lipinski definition) is 2. The van der Waals surface area contributed by atoms with Gasteiger partial charge in [-0.2, -0.15) is 0 Å². The number of benzene rings is 2. The number of halogens is 1. The lowest BCUT2D eigenvalue weighted by Gasteiger charge is -2.23. The van der Waals surface area contributed by atoms with Crippen LogP contribution in [0.1, 0.15) is 40.7 Å². The van der Waals surface area contributed by atoms with Gasteiger partial charge in [-0.1, -0.05) is 46.3 Å². The maximum absolute atomic E-state index is 10.7. The summed E-state index contributed by atoms with van der Waals surface area (Å²) < 4.78 is 1.04. The fourth-order valence-electron chi connectivity index (χ4n) is 3.17. The molecule has 2 nitrogen and oxygen atoms in total. The van der Waals surface area contributed by atoms with Gasteiger partial charge in [-0.05, 0) is 53.6 Å². The van der Waals surface area contributed by atoms with Crippen LogP contribution in [-0.2, 0) is 12.8 Å². The quantitative estimate of drug-likeness (QED) is 0.887. The van der Waals surface area contributed by atoms with E-state index < -0.39 is 6.10 Å². The fourth-order valence-corrected chi connectivity index (χ4v) is 3.43. The van der Waals surface area contributed by atoms with Gasteiger partial charge in [0.15, 0.2) is 0 Å². The average Bonchev–Trinajstić information content (AvgIpc) is 2.97. The molecule has 1 aliphatic rings. The van der Waals surface area contributed by atoms with Crippen molar-refractivity contribution in [3.8, 4) is 0 Å². The molecule has 110 valence electrons. The van der Waals surface area contributed by atoms with E-state index in [9.17, 15) is 5.11 Å². The normalized spacial score (nSPS) is 16.5. The minimum absolute atomic E-state index is 0.0717. The minimum Gasteiger partial charge on any atom is -0.388 e. The summed E-state index contributed by atoms with van der Waals surface area (Å²) in [7, 11) is 0.